The number of nitrogens with two attached hydrogens (primary N) is 1. The fraction of sp³-hybridized carbons (Fsp3) is 0.500. The first-order chi connectivity index (χ1) is 10.0. The molecule has 0 aliphatic rings. The quantitative estimate of drug-likeness (QED) is 0.239. The lowest BCUT2D eigenvalue weighted by Gasteiger charge is -2.17. The molecule has 0 unspecified atom stereocenters. The van der Waals surface area contributed by atoms with Gasteiger partial charge in [0.2, 0.25) is 0 Å². The number of nitro groups is 1. The van der Waals surface area contributed by atoms with Crippen LogP contribution in [0.2, 0.25) is 0 Å². The molecule has 0 bridgehead atoms. The van der Waals surface area contributed by atoms with Crippen LogP contribution in [0.1, 0.15) is 19.4 Å². The summed E-state index contributed by atoms with van der Waals surface area (Å²) in [6, 6.07) is 1.16. The zero-order valence-corrected chi connectivity index (χ0v) is 12.0. The van der Waals surface area contributed by atoms with E-state index in [4.69, 9.17) is 15.7 Å². The summed E-state index contributed by atoms with van der Waals surface area (Å²) in [5.41, 5.74) is 5.21. The Balaban J connectivity index is 2.85. The molecule has 1 heterocycles. The van der Waals surface area contributed by atoms with Crippen LogP contribution in [0.5, 0.6) is 5.88 Å². The van der Waals surface area contributed by atoms with Gasteiger partial charge in [-0.3, -0.25) is 10.1 Å². The molecule has 0 atom stereocenters. The van der Waals surface area contributed by atoms with Crippen LogP contribution in [0.15, 0.2) is 17.4 Å². The van der Waals surface area contributed by atoms with Crippen molar-refractivity contribution in [1.82, 2.24) is 9.88 Å². The minimum atomic E-state index is -0.617. The molecule has 1 aromatic rings. The van der Waals surface area contributed by atoms with E-state index in [0.717, 1.165) is 19.2 Å². The van der Waals surface area contributed by atoms with Gasteiger partial charge in [0.25, 0.3) is 5.88 Å². The van der Waals surface area contributed by atoms with E-state index < -0.39 is 4.92 Å². The molecule has 0 fully saturated rings. The molecular formula is C12H19N5O4. The number of ether oxygens (including phenoxy) is 1. The highest BCUT2D eigenvalue weighted by Gasteiger charge is 2.19. The van der Waals surface area contributed by atoms with E-state index in [1.807, 2.05) is 13.8 Å². The lowest BCUT2D eigenvalue weighted by Crippen LogP contribution is -2.28. The molecule has 116 valence electrons. The van der Waals surface area contributed by atoms with Gasteiger partial charge >= 0.3 is 5.69 Å². The zero-order chi connectivity index (χ0) is 15.8. The average Bonchev–Trinajstić information content (AvgIpc) is 2.50. The standard InChI is InChI=1S/C12H19N5O4/c1-3-16(4-2)5-6-21-12-10(17(19)20)7-9(8-14-12)11(13)15-18/h7-8,18H,3-6H2,1-2H3,(H2,13,15). The van der Waals surface area contributed by atoms with Crippen molar-refractivity contribution < 1.29 is 14.9 Å². The van der Waals surface area contributed by atoms with Crippen molar-refractivity contribution in [1.29, 1.82) is 0 Å². The summed E-state index contributed by atoms with van der Waals surface area (Å²) in [6.07, 6.45) is 1.26. The molecule has 9 heteroatoms. The van der Waals surface area contributed by atoms with Gasteiger partial charge in [-0.15, -0.1) is 0 Å². The van der Waals surface area contributed by atoms with E-state index in [1.54, 1.807) is 0 Å². The van der Waals surface area contributed by atoms with E-state index in [1.165, 1.54) is 6.20 Å². The Morgan fingerprint density at radius 1 is 1.57 bits per heavy atom. The molecule has 0 aromatic carbocycles. The highest BCUT2D eigenvalue weighted by Crippen LogP contribution is 2.24. The molecule has 21 heavy (non-hydrogen) atoms. The molecule has 0 radical (unpaired) electrons. The van der Waals surface area contributed by atoms with Gasteiger partial charge < -0.3 is 20.6 Å². The summed E-state index contributed by atoms with van der Waals surface area (Å²) in [4.78, 5) is 16.4. The Bertz CT molecular complexity index is 516. The lowest BCUT2D eigenvalue weighted by molar-refractivity contribution is -0.386. The molecule has 9 nitrogen and oxygen atoms in total. The zero-order valence-electron chi connectivity index (χ0n) is 12.0. The highest BCUT2D eigenvalue weighted by molar-refractivity contribution is 5.97. The summed E-state index contributed by atoms with van der Waals surface area (Å²) < 4.78 is 5.36. The van der Waals surface area contributed by atoms with Crippen molar-refractivity contribution in [3.63, 3.8) is 0 Å². The second kappa shape index (κ2) is 8.00. The number of amidine groups is 1. The number of likely N-dealkylation sites (N-methyl/N-ethyl adjacent to an activating group) is 1. The third-order valence-corrected chi connectivity index (χ3v) is 2.97. The third kappa shape index (κ3) is 4.56. The molecule has 1 aromatic heterocycles. The van der Waals surface area contributed by atoms with Crippen LogP contribution >= 0.6 is 0 Å². The smallest absolute Gasteiger partial charge is 0.331 e. The maximum absolute atomic E-state index is 11.0. The first-order valence-corrected chi connectivity index (χ1v) is 6.50. The van der Waals surface area contributed by atoms with Crippen LogP contribution in [0.25, 0.3) is 0 Å². The normalized spacial score (nSPS) is 11.7. The number of aromatic nitrogens is 1. The van der Waals surface area contributed by atoms with Crippen molar-refractivity contribution in [2.24, 2.45) is 10.9 Å². The molecule has 0 aliphatic heterocycles. The molecule has 0 saturated carbocycles. The summed E-state index contributed by atoms with van der Waals surface area (Å²) in [5, 5.41) is 22.4. The summed E-state index contributed by atoms with van der Waals surface area (Å²) in [6.45, 7) is 6.73. The second-order valence-corrected chi connectivity index (χ2v) is 4.17. The summed E-state index contributed by atoms with van der Waals surface area (Å²) in [5.74, 6) is -0.332. The first-order valence-electron chi connectivity index (χ1n) is 6.50. The van der Waals surface area contributed by atoms with Crippen LogP contribution in [0.4, 0.5) is 5.69 Å². The monoisotopic (exact) mass is 297 g/mol. The fourth-order valence-corrected chi connectivity index (χ4v) is 1.69. The summed E-state index contributed by atoms with van der Waals surface area (Å²) >= 11 is 0. The van der Waals surface area contributed by atoms with Crippen molar-refractivity contribution in [3.8, 4) is 5.88 Å². The second-order valence-electron chi connectivity index (χ2n) is 4.17. The van der Waals surface area contributed by atoms with Gasteiger partial charge in [-0.05, 0) is 13.1 Å². The largest absolute Gasteiger partial charge is 0.471 e. The Morgan fingerprint density at radius 3 is 2.76 bits per heavy atom. The predicted molar refractivity (Wildman–Crippen MR) is 76.7 cm³/mol. The van der Waals surface area contributed by atoms with Crippen LogP contribution in [-0.2, 0) is 0 Å². The maximum Gasteiger partial charge on any atom is 0.331 e. The van der Waals surface area contributed by atoms with Crippen molar-refractivity contribution >= 4 is 11.5 Å². The highest BCUT2D eigenvalue weighted by atomic mass is 16.6. The van der Waals surface area contributed by atoms with Crippen LogP contribution in [0, 0.1) is 10.1 Å². The Kier molecular flexibility index (Phi) is 6.34. The average molecular weight is 297 g/mol. The number of hydrogen-bond acceptors (Lipinski definition) is 7. The van der Waals surface area contributed by atoms with E-state index >= 15 is 0 Å². The van der Waals surface area contributed by atoms with Gasteiger partial charge in [-0.1, -0.05) is 19.0 Å². The molecule has 1 rings (SSSR count). The lowest BCUT2D eigenvalue weighted by atomic mass is 10.2. The third-order valence-electron chi connectivity index (χ3n) is 2.97. The number of oxime groups is 1. The fourth-order valence-electron chi connectivity index (χ4n) is 1.69. The van der Waals surface area contributed by atoms with E-state index in [0.29, 0.717) is 13.2 Å². The minimum absolute atomic E-state index is 0.0818. The van der Waals surface area contributed by atoms with Gasteiger partial charge in [-0.2, -0.15) is 0 Å². The maximum atomic E-state index is 11.0. The number of pyridine rings is 1. The SMILES string of the molecule is CCN(CC)CCOc1ncc(C(N)=NO)cc1[N+](=O)[O-]. The van der Waals surface area contributed by atoms with Crippen LogP contribution in [0.3, 0.4) is 0 Å². The first kappa shape index (κ1) is 16.6. The summed E-state index contributed by atoms with van der Waals surface area (Å²) in [7, 11) is 0. The number of rotatable bonds is 8. The van der Waals surface area contributed by atoms with Gasteiger partial charge in [-0.25, -0.2) is 4.98 Å². The van der Waals surface area contributed by atoms with Gasteiger partial charge in [0.1, 0.15) is 6.61 Å². The van der Waals surface area contributed by atoms with E-state index in [2.05, 4.69) is 15.0 Å². The van der Waals surface area contributed by atoms with Gasteiger partial charge in [0, 0.05) is 24.4 Å². The van der Waals surface area contributed by atoms with Crippen molar-refractivity contribution in [3.05, 3.63) is 27.9 Å². The molecule has 0 aliphatic carbocycles. The van der Waals surface area contributed by atoms with E-state index in [9.17, 15) is 10.1 Å². The van der Waals surface area contributed by atoms with E-state index in [-0.39, 0.29) is 23.0 Å². The van der Waals surface area contributed by atoms with Gasteiger partial charge in [0.05, 0.1) is 4.92 Å². The molecule has 0 spiro atoms. The Hall–Kier alpha value is -2.42. The van der Waals surface area contributed by atoms with Crippen LogP contribution < -0.4 is 10.5 Å². The minimum Gasteiger partial charge on any atom is -0.471 e. The molecular weight excluding hydrogens is 278 g/mol. The van der Waals surface area contributed by atoms with Crippen molar-refractivity contribution in [2.75, 3.05) is 26.2 Å². The van der Waals surface area contributed by atoms with Gasteiger partial charge in [0.15, 0.2) is 5.84 Å². The number of nitrogens with zero attached hydrogens (tertiary/aromatic N) is 4. The number of hydrogen-bond donors (Lipinski definition) is 2. The molecule has 0 amide bonds. The van der Waals surface area contributed by atoms with Crippen molar-refractivity contribution in [2.45, 2.75) is 13.8 Å². The molecule has 0 saturated heterocycles. The topological polar surface area (TPSA) is 127 Å². The Labute approximate surface area is 122 Å². The predicted octanol–water partition coefficient (Wildman–Crippen LogP) is 0.805. The Morgan fingerprint density at radius 2 is 2.24 bits per heavy atom. The van der Waals surface area contributed by atoms with Crippen LogP contribution in [-0.4, -0.2) is 52.1 Å². The molecule has 3 N–H and O–H groups in total.